The van der Waals surface area contributed by atoms with Crippen LogP contribution in [0.15, 0.2) is 42.5 Å². The molecule has 0 saturated heterocycles. The molecule has 0 radical (unpaired) electrons. The van der Waals surface area contributed by atoms with Crippen LogP contribution in [0.3, 0.4) is 0 Å². The van der Waals surface area contributed by atoms with E-state index in [9.17, 15) is 18.4 Å². The molecule has 1 aliphatic rings. The summed E-state index contributed by atoms with van der Waals surface area (Å²) in [7, 11) is 0. The minimum absolute atomic E-state index is 0.267. The number of hydrogen-bond acceptors (Lipinski definition) is 3. The molecule has 176 valence electrons. The molecule has 3 amide bonds. The van der Waals surface area contributed by atoms with Crippen molar-refractivity contribution in [3.63, 3.8) is 0 Å². The fourth-order valence-electron chi connectivity index (χ4n) is 3.91. The number of rotatable bonds is 4. The lowest BCUT2D eigenvalue weighted by atomic mass is 9.91. The van der Waals surface area contributed by atoms with Gasteiger partial charge < -0.3 is 10.1 Å². The summed E-state index contributed by atoms with van der Waals surface area (Å²) in [6, 6.07) is 8.78. The number of urea groups is 1. The molecule has 3 aromatic carbocycles. The van der Waals surface area contributed by atoms with Gasteiger partial charge in [0.05, 0.1) is 5.02 Å². The van der Waals surface area contributed by atoms with Crippen LogP contribution in [0.4, 0.5) is 19.3 Å². The van der Waals surface area contributed by atoms with Crippen molar-refractivity contribution in [2.24, 2.45) is 0 Å². The molecule has 0 spiro atoms. The van der Waals surface area contributed by atoms with Crippen molar-refractivity contribution in [1.29, 1.82) is 0 Å². The Morgan fingerprint density at radius 2 is 1.56 bits per heavy atom. The number of carbonyl (C=O) groups excluding carboxylic acids is 2. The maximum Gasteiger partial charge on any atom is 0.326 e. The van der Waals surface area contributed by atoms with Gasteiger partial charge in [-0.15, -0.1) is 0 Å². The van der Waals surface area contributed by atoms with E-state index in [0.717, 1.165) is 60.0 Å². The van der Waals surface area contributed by atoms with Crippen molar-refractivity contribution < 1.29 is 23.1 Å². The summed E-state index contributed by atoms with van der Waals surface area (Å²) < 4.78 is 33.6. The standard InChI is InChI=1S/C25H20Cl2F2N2O3/c1-13-19(30-25(33)31-24(32)22-17(28)7-4-8-18(22)29)10-12-21(23(13)27)34-20-11-9-16(26)14-5-2-3-6-15(14)20/h4,7-12H,2-3,5-6H2,1H3,(H2,30,31,32,33). The number of hydrogen-bond donors (Lipinski definition) is 2. The zero-order valence-corrected chi connectivity index (χ0v) is 19.6. The molecule has 5 nitrogen and oxygen atoms in total. The van der Waals surface area contributed by atoms with E-state index in [1.807, 2.05) is 11.4 Å². The molecule has 0 atom stereocenters. The zero-order chi connectivity index (χ0) is 24.4. The number of nitrogens with one attached hydrogen (secondary N) is 2. The van der Waals surface area contributed by atoms with Crippen LogP contribution >= 0.6 is 23.2 Å². The second kappa shape index (κ2) is 9.99. The molecule has 0 saturated carbocycles. The zero-order valence-electron chi connectivity index (χ0n) is 18.1. The number of anilines is 1. The van der Waals surface area contributed by atoms with Gasteiger partial charge in [-0.2, -0.15) is 0 Å². The van der Waals surface area contributed by atoms with Crippen molar-refractivity contribution in [3.8, 4) is 11.5 Å². The Hall–Kier alpha value is -3.16. The molecule has 0 heterocycles. The molecule has 3 aromatic rings. The van der Waals surface area contributed by atoms with E-state index in [2.05, 4.69) is 5.32 Å². The lowest BCUT2D eigenvalue weighted by molar-refractivity contribution is 0.0959. The van der Waals surface area contributed by atoms with E-state index in [1.54, 1.807) is 25.1 Å². The maximum atomic E-state index is 13.8. The maximum absolute atomic E-state index is 13.8. The minimum atomic E-state index is -1.20. The molecule has 0 bridgehead atoms. The first kappa shape index (κ1) is 24.0. The van der Waals surface area contributed by atoms with Gasteiger partial charge in [-0.25, -0.2) is 13.6 Å². The predicted octanol–water partition coefficient (Wildman–Crippen LogP) is 7.21. The summed E-state index contributed by atoms with van der Waals surface area (Å²) in [6.07, 6.45) is 3.87. The monoisotopic (exact) mass is 504 g/mol. The molecule has 9 heteroatoms. The normalized spacial score (nSPS) is 12.6. The van der Waals surface area contributed by atoms with Crippen molar-refractivity contribution in [1.82, 2.24) is 5.32 Å². The van der Waals surface area contributed by atoms with Crippen LogP contribution in [0.1, 0.15) is 39.9 Å². The number of fused-ring (bicyclic) bond motifs is 1. The van der Waals surface area contributed by atoms with Crippen molar-refractivity contribution in [3.05, 3.63) is 86.4 Å². The smallest absolute Gasteiger partial charge is 0.326 e. The second-order valence-corrected chi connectivity index (χ2v) is 8.65. The van der Waals surface area contributed by atoms with Crippen molar-refractivity contribution in [2.75, 3.05) is 5.32 Å². The van der Waals surface area contributed by atoms with Crippen LogP contribution in [0.5, 0.6) is 11.5 Å². The Balaban J connectivity index is 1.50. The van der Waals surface area contributed by atoms with Gasteiger partial charge in [-0.3, -0.25) is 10.1 Å². The minimum Gasteiger partial charge on any atom is -0.455 e. The number of benzene rings is 3. The van der Waals surface area contributed by atoms with E-state index in [-0.39, 0.29) is 5.02 Å². The highest BCUT2D eigenvalue weighted by molar-refractivity contribution is 6.33. The number of carbonyl (C=O) groups is 2. The summed E-state index contributed by atoms with van der Waals surface area (Å²) in [6.45, 7) is 1.67. The molecule has 0 fully saturated rings. The highest BCUT2D eigenvalue weighted by atomic mass is 35.5. The first-order valence-electron chi connectivity index (χ1n) is 10.6. The van der Waals surface area contributed by atoms with Crippen LogP contribution < -0.4 is 15.4 Å². The summed E-state index contributed by atoms with van der Waals surface area (Å²) in [4.78, 5) is 24.4. The molecule has 0 unspecified atom stereocenters. The fourth-order valence-corrected chi connectivity index (χ4v) is 4.39. The second-order valence-electron chi connectivity index (χ2n) is 7.87. The fraction of sp³-hybridized carbons (Fsp3) is 0.200. The molecular weight excluding hydrogens is 485 g/mol. The quantitative estimate of drug-likeness (QED) is 0.394. The third-order valence-corrected chi connectivity index (χ3v) is 6.49. The Morgan fingerprint density at radius 3 is 2.26 bits per heavy atom. The largest absolute Gasteiger partial charge is 0.455 e. The topological polar surface area (TPSA) is 67.4 Å². The van der Waals surface area contributed by atoms with Crippen LogP contribution in [-0.2, 0) is 12.8 Å². The molecule has 0 aromatic heterocycles. The SMILES string of the molecule is Cc1c(NC(=O)NC(=O)c2c(F)cccc2F)ccc(Oc2ccc(Cl)c3c2CCCC3)c1Cl. The predicted molar refractivity (Wildman–Crippen MR) is 127 cm³/mol. The molecular formula is C25H20Cl2F2N2O3. The van der Waals surface area contributed by atoms with Crippen LogP contribution in [-0.4, -0.2) is 11.9 Å². The van der Waals surface area contributed by atoms with Gasteiger partial charge in [0.1, 0.15) is 28.7 Å². The van der Waals surface area contributed by atoms with E-state index in [0.29, 0.717) is 22.7 Å². The lowest BCUT2D eigenvalue weighted by Crippen LogP contribution is -2.35. The van der Waals surface area contributed by atoms with E-state index >= 15 is 0 Å². The van der Waals surface area contributed by atoms with E-state index < -0.39 is 29.1 Å². The summed E-state index contributed by atoms with van der Waals surface area (Å²) in [5.41, 5.74) is 2.09. The average Bonchev–Trinajstić information content (AvgIpc) is 2.80. The van der Waals surface area contributed by atoms with Crippen LogP contribution in [0, 0.1) is 18.6 Å². The van der Waals surface area contributed by atoms with Gasteiger partial charge in [0.15, 0.2) is 0 Å². The Bertz CT molecular complexity index is 1280. The molecule has 2 N–H and O–H groups in total. The van der Waals surface area contributed by atoms with Gasteiger partial charge in [0.2, 0.25) is 0 Å². The highest BCUT2D eigenvalue weighted by Crippen LogP contribution is 2.40. The molecule has 34 heavy (non-hydrogen) atoms. The van der Waals surface area contributed by atoms with Crippen molar-refractivity contribution >= 4 is 40.8 Å². The number of halogens is 4. The summed E-state index contributed by atoms with van der Waals surface area (Å²) >= 11 is 12.8. The molecule has 0 aliphatic heterocycles. The number of imide groups is 1. The third kappa shape index (κ3) is 4.86. The van der Waals surface area contributed by atoms with Crippen LogP contribution in [0.25, 0.3) is 0 Å². The molecule has 1 aliphatic carbocycles. The summed E-state index contributed by atoms with van der Waals surface area (Å²) in [5, 5.41) is 5.37. The molecule has 4 rings (SSSR count). The first-order chi connectivity index (χ1) is 16.3. The van der Waals surface area contributed by atoms with Gasteiger partial charge in [0, 0.05) is 10.7 Å². The van der Waals surface area contributed by atoms with Crippen LogP contribution in [0.2, 0.25) is 10.0 Å². The lowest BCUT2D eigenvalue weighted by Gasteiger charge is -2.21. The van der Waals surface area contributed by atoms with E-state index in [4.69, 9.17) is 27.9 Å². The van der Waals surface area contributed by atoms with Gasteiger partial charge in [-0.1, -0.05) is 29.3 Å². The average molecular weight is 505 g/mol. The highest BCUT2D eigenvalue weighted by Gasteiger charge is 2.21. The van der Waals surface area contributed by atoms with Gasteiger partial charge >= 0.3 is 6.03 Å². The first-order valence-corrected chi connectivity index (χ1v) is 11.4. The Morgan fingerprint density at radius 1 is 0.912 bits per heavy atom. The third-order valence-electron chi connectivity index (χ3n) is 5.67. The van der Waals surface area contributed by atoms with Crippen molar-refractivity contribution in [2.45, 2.75) is 32.6 Å². The van der Waals surface area contributed by atoms with Gasteiger partial charge in [-0.05, 0) is 85.7 Å². The Kier molecular flexibility index (Phi) is 7.05. The number of amides is 3. The van der Waals surface area contributed by atoms with Gasteiger partial charge in [0.25, 0.3) is 5.91 Å². The van der Waals surface area contributed by atoms with E-state index in [1.165, 1.54) is 0 Å². The number of ether oxygens (including phenoxy) is 1. The summed E-state index contributed by atoms with van der Waals surface area (Å²) in [5.74, 6) is -2.28. The Labute approximate surface area is 205 Å².